The van der Waals surface area contributed by atoms with Crippen LogP contribution in [0.25, 0.3) is 0 Å². The highest BCUT2D eigenvalue weighted by Crippen LogP contribution is 2.32. The van der Waals surface area contributed by atoms with Crippen molar-refractivity contribution in [1.82, 2.24) is 0 Å². The Labute approximate surface area is 118 Å². The Bertz CT molecular complexity index is 480. The number of carbonyl (C=O) groups is 2. The molecule has 0 aromatic heterocycles. The third kappa shape index (κ3) is 4.35. The number of rotatable bonds is 6. The Kier molecular flexibility index (Phi) is 4.74. The molecule has 1 aromatic carbocycles. The van der Waals surface area contributed by atoms with Crippen LogP contribution in [0.1, 0.15) is 32.6 Å². The SMILES string of the molecule is CCC(=O)Nc1ccc(NC(=O)CC(N)C2CC2)cc1. The number of nitrogens with two attached hydrogens (primary N) is 1. The van der Waals surface area contributed by atoms with Gasteiger partial charge in [-0.1, -0.05) is 6.92 Å². The molecule has 1 aliphatic rings. The van der Waals surface area contributed by atoms with Gasteiger partial charge < -0.3 is 16.4 Å². The molecule has 1 aliphatic carbocycles. The predicted molar refractivity (Wildman–Crippen MR) is 79.3 cm³/mol. The summed E-state index contributed by atoms with van der Waals surface area (Å²) in [4.78, 5) is 23.0. The van der Waals surface area contributed by atoms with Gasteiger partial charge in [-0.2, -0.15) is 0 Å². The van der Waals surface area contributed by atoms with Gasteiger partial charge in [0.2, 0.25) is 11.8 Å². The van der Waals surface area contributed by atoms with E-state index < -0.39 is 0 Å². The first-order chi connectivity index (χ1) is 9.58. The van der Waals surface area contributed by atoms with Gasteiger partial charge in [0.1, 0.15) is 0 Å². The number of anilines is 2. The highest BCUT2D eigenvalue weighted by atomic mass is 16.2. The van der Waals surface area contributed by atoms with Gasteiger partial charge in [-0.25, -0.2) is 0 Å². The number of hydrogen-bond acceptors (Lipinski definition) is 3. The fraction of sp³-hybridized carbons (Fsp3) is 0.467. The second kappa shape index (κ2) is 6.52. The Hall–Kier alpha value is -1.88. The number of carbonyl (C=O) groups excluding carboxylic acids is 2. The first-order valence-corrected chi connectivity index (χ1v) is 7.04. The van der Waals surface area contributed by atoms with Crippen LogP contribution in [0.3, 0.4) is 0 Å². The molecule has 4 N–H and O–H groups in total. The van der Waals surface area contributed by atoms with E-state index >= 15 is 0 Å². The first kappa shape index (κ1) is 14.5. The zero-order chi connectivity index (χ0) is 14.5. The molecule has 0 bridgehead atoms. The summed E-state index contributed by atoms with van der Waals surface area (Å²) in [5.74, 6) is 0.430. The van der Waals surface area contributed by atoms with Crippen LogP contribution in [-0.4, -0.2) is 17.9 Å². The van der Waals surface area contributed by atoms with Crippen molar-refractivity contribution in [3.8, 4) is 0 Å². The number of benzene rings is 1. The maximum Gasteiger partial charge on any atom is 0.225 e. The van der Waals surface area contributed by atoms with E-state index in [1.165, 1.54) is 0 Å². The highest BCUT2D eigenvalue weighted by molar-refractivity contribution is 5.93. The lowest BCUT2D eigenvalue weighted by atomic mass is 10.1. The van der Waals surface area contributed by atoms with Gasteiger partial charge in [0.15, 0.2) is 0 Å². The molecule has 0 saturated heterocycles. The first-order valence-electron chi connectivity index (χ1n) is 7.04. The van der Waals surface area contributed by atoms with E-state index in [2.05, 4.69) is 10.6 Å². The maximum atomic E-state index is 11.8. The zero-order valence-electron chi connectivity index (χ0n) is 11.7. The largest absolute Gasteiger partial charge is 0.327 e. The molecule has 5 heteroatoms. The van der Waals surface area contributed by atoms with Crippen LogP contribution in [0.5, 0.6) is 0 Å². The molecule has 1 saturated carbocycles. The summed E-state index contributed by atoms with van der Waals surface area (Å²) in [7, 11) is 0. The number of amides is 2. The highest BCUT2D eigenvalue weighted by Gasteiger charge is 2.29. The average Bonchev–Trinajstić information content (AvgIpc) is 3.25. The molecule has 1 aromatic rings. The second-order valence-electron chi connectivity index (χ2n) is 5.23. The summed E-state index contributed by atoms with van der Waals surface area (Å²) < 4.78 is 0. The van der Waals surface area contributed by atoms with Gasteiger partial charge >= 0.3 is 0 Å². The lowest BCUT2D eigenvalue weighted by Crippen LogP contribution is -2.28. The molecule has 1 atom stereocenters. The third-order valence-corrected chi connectivity index (χ3v) is 3.42. The van der Waals surface area contributed by atoms with Crippen LogP contribution in [0.2, 0.25) is 0 Å². The van der Waals surface area contributed by atoms with Gasteiger partial charge in [0, 0.05) is 30.3 Å². The van der Waals surface area contributed by atoms with Crippen LogP contribution in [0, 0.1) is 5.92 Å². The van der Waals surface area contributed by atoms with Gasteiger partial charge in [0.05, 0.1) is 0 Å². The van der Waals surface area contributed by atoms with E-state index in [1.54, 1.807) is 31.2 Å². The van der Waals surface area contributed by atoms with Gasteiger partial charge in [-0.15, -0.1) is 0 Å². The summed E-state index contributed by atoms with van der Waals surface area (Å²) in [5, 5.41) is 5.57. The minimum absolute atomic E-state index is 0.0295. The van der Waals surface area contributed by atoms with Crippen molar-refractivity contribution in [2.75, 3.05) is 10.6 Å². The van der Waals surface area contributed by atoms with E-state index in [4.69, 9.17) is 5.73 Å². The molecule has 0 aliphatic heterocycles. The Morgan fingerprint density at radius 1 is 1.15 bits per heavy atom. The minimum Gasteiger partial charge on any atom is -0.327 e. The van der Waals surface area contributed by atoms with Crippen LogP contribution < -0.4 is 16.4 Å². The average molecular weight is 275 g/mol. The van der Waals surface area contributed by atoms with E-state index in [1.807, 2.05) is 0 Å². The quantitative estimate of drug-likeness (QED) is 0.743. The van der Waals surface area contributed by atoms with Crippen LogP contribution in [0.4, 0.5) is 11.4 Å². The van der Waals surface area contributed by atoms with Crippen molar-refractivity contribution >= 4 is 23.2 Å². The molecule has 5 nitrogen and oxygen atoms in total. The van der Waals surface area contributed by atoms with Crippen molar-refractivity contribution in [2.45, 2.75) is 38.6 Å². The monoisotopic (exact) mass is 275 g/mol. The van der Waals surface area contributed by atoms with E-state index in [0.29, 0.717) is 24.4 Å². The maximum absolute atomic E-state index is 11.8. The summed E-state index contributed by atoms with van der Waals surface area (Å²) in [6.07, 6.45) is 3.08. The van der Waals surface area contributed by atoms with Crippen LogP contribution in [0.15, 0.2) is 24.3 Å². The normalized spacial score (nSPS) is 15.5. The standard InChI is InChI=1S/C15H21N3O2/c1-2-14(19)17-11-5-7-12(8-6-11)18-15(20)9-13(16)10-3-4-10/h5-8,10,13H,2-4,9,16H2,1H3,(H,17,19)(H,18,20). The molecule has 2 rings (SSSR count). The number of nitrogens with one attached hydrogen (secondary N) is 2. The molecule has 108 valence electrons. The van der Waals surface area contributed by atoms with Gasteiger partial charge in [-0.3, -0.25) is 9.59 Å². The lowest BCUT2D eigenvalue weighted by molar-refractivity contribution is -0.117. The molecule has 1 fully saturated rings. The molecular weight excluding hydrogens is 254 g/mol. The molecular formula is C15H21N3O2. The zero-order valence-corrected chi connectivity index (χ0v) is 11.7. The Morgan fingerprint density at radius 2 is 1.65 bits per heavy atom. The fourth-order valence-corrected chi connectivity index (χ4v) is 2.00. The minimum atomic E-state index is -0.0604. The topological polar surface area (TPSA) is 84.2 Å². The summed E-state index contributed by atoms with van der Waals surface area (Å²) in [5.41, 5.74) is 7.36. The molecule has 0 radical (unpaired) electrons. The molecule has 0 spiro atoms. The van der Waals surface area contributed by atoms with Crippen molar-refractivity contribution in [3.05, 3.63) is 24.3 Å². The van der Waals surface area contributed by atoms with Crippen molar-refractivity contribution in [3.63, 3.8) is 0 Å². The molecule has 2 amide bonds. The van der Waals surface area contributed by atoms with E-state index in [9.17, 15) is 9.59 Å². The number of hydrogen-bond donors (Lipinski definition) is 3. The van der Waals surface area contributed by atoms with Crippen LogP contribution >= 0.6 is 0 Å². The van der Waals surface area contributed by atoms with E-state index in [-0.39, 0.29) is 17.9 Å². The van der Waals surface area contributed by atoms with E-state index in [0.717, 1.165) is 18.5 Å². The smallest absolute Gasteiger partial charge is 0.225 e. The summed E-state index contributed by atoms with van der Waals surface area (Å²) in [6, 6.07) is 7.05. The van der Waals surface area contributed by atoms with Gasteiger partial charge in [0.25, 0.3) is 0 Å². The Morgan fingerprint density at radius 3 is 2.10 bits per heavy atom. The van der Waals surface area contributed by atoms with Crippen molar-refractivity contribution < 1.29 is 9.59 Å². The van der Waals surface area contributed by atoms with Gasteiger partial charge in [-0.05, 0) is 43.0 Å². The molecule has 0 heterocycles. The van der Waals surface area contributed by atoms with Crippen LogP contribution in [-0.2, 0) is 9.59 Å². The van der Waals surface area contributed by atoms with Crippen molar-refractivity contribution in [2.24, 2.45) is 11.7 Å². The summed E-state index contributed by atoms with van der Waals surface area (Å²) in [6.45, 7) is 1.80. The second-order valence-corrected chi connectivity index (χ2v) is 5.23. The third-order valence-electron chi connectivity index (χ3n) is 3.42. The summed E-state index contributed by atoms with van der Waals surface area (Å²) >= 11 is 0. The Balaban J connectivity index is 1.83. The molecule has 20 heavy (non-hydrogen) atoms. The fourth-order valence-electron chi connectivity index (χ4n) is 2.00. The molecule has 1 unspecified atom stereocenters. The lowest BCUT2D eigenvalue weighted by Gasteiger charge is -2.11. The van der Waals surface area contributed by atoms with Crippen molar-refractivity contribution in [1.29, 1.82) is 0 Å². The predicted octanol–water partition coefficient (Wildman–Crippen LogP) is 2.10.